The zero-order valence-corrected chi connectivity index (χ0v) is 12.2. The van der Waals surface area contributed by atoms with Gasteiger partial charge in [0.25, 0.3) is 0 Å². The number of fused-ring (bicyclic) bond motifs is 1. The van der Waals surface area contributed by atoms with E-state index in [9.17, 15) is 9.18 Å². The molecule has 3 rings (SSSR count). The standard InChI is InChI=1S/C17H13FN2O3/c1-22-11-3-4-14-12(9-11)15(6-7-20-14)23-16-5-2-10(17(19)21)8-13(16)18/h2-9H,1H3,(H2,19,21). The Kier molecular flexibility index (Phi) is 3.80. The summed E-state index contributed by atoms with van der Waals surface area (Å²) in [6.45, 7) is 0. The van der Waals surface area contributed by atoms with Crippen molar-refractivity contribution in [1.29, 1.82) is 0 Å². The number of rotatable bonds is 4. The number of primary amides is 1. The van der Waals surface area contributed by atoms with Crippen LogP contribution < -0.4 is 15.2 Å². The van der Waals surface area contributed by atoms with E-state index in [1.54, 1.807) is 37.6 Å². The van der Waals surface area contributed by atoms with Crippen molar-refractivity contribution in [1.82, 2.24) is 4.98 Å². The SMILES string of the molecule is COc1ccc2nccc(Oc3ccc(C(N)=O)cc3F)c2c1. The van der Waals surface area contributed by atoms with Crippen LogP contribution in [0.3, 0.4) is 0 Å². The number of aromatic nitrogens is 1. The van der Waals surface area contributed by atoms with Gasteiger partial charge in [-0.05, 0) is 42.5 Å². The van der Waals surface area contributed by atoms with Gasteiger partial charge in [0.15, 0.2) is 11.6 Å². The summed E-state index contributed by atoms with van der Waals surface area (Å²) in [5.74, 6) is -0.312. The van der Waals surface area contributed by atoms with Gasteiger partial charge >= 0.3 is 0 Å². The molecule has 3 aromatic rings. The van der Waals surface area contributed by atoms with E-state index in [1.165, 1.54) is 12.1 Å². The third kappa shape index (κ3) is 2.91. The van der Waals surface area contributed by atoms with Crippen LogP contribution in [-0.2, 0) is 0 Å². The van der Waals surface area contributed by atoms with Gasteiger partial charge < -0.3 is 15.2 Å². The number of amides is 1. The molecule has 1 amide bonds. The number of methoxy groups -OCH3 is 1. The number of nitrogens with two attached hydrogens (primary N) is 1. The van der Waals surface area contributed by atoms with Gasteiger partial charge in [-0.2, -0.15) is 0 Å². The van der Waals surface area contributed by atoms with Gasteiger partial charge in [0.2, 0.25) is 5.91 Å². The highest BCUT2D eigenvalue weighted by molar-refractivity contribution is 5.93. The zero-order valence-electron chi connectivity index (χ0n) is 12.2. The molecule has 0 aliphatic rings. The lowest BCUT2D eigenvalue weighted by molar-refractivity contribution is 0.1000. The lowest BCUT2D eigenvalue weighted by Gasteiger charge is -2.10. The molecule has 0 bridgehead atoms. The average Bonchev–Trinajstić information content (AvgIpc) is 2.56. The van der Waals surface area contributed by atoms with Crippen LogP contribution in [0.2, 0.25) is 0 Å². The molecule has 0 saturated heterocycles. The second-order valence-corrected chi connectivity index (χ2v) is 4.80. The predicted octanol–water partition coefficient (Wildman–Crippen LogP) is 3.27. The highest BCUT2D eigenvalue weighted by Crippen LogP contribution is 2.32. The largest absolute Gasteiger partial charge is 0.497 e. The topological polar surface area (TPSA) is 74.4 Å². The minimum absolute atomic E-state index is 0.00896. The molecule has 2 N–H and O–H groups in total. The minimum atomic E-state index is -0.699. The van der Waals surface area contributed by atoms with Crippen LogP contribution in [0.25, 0.3) is 10.9 Å². The first-order chi connectivity index (χ1) is 11.1. The molecule has 0 atom stereocenters. The van der Waals surface area contributed by atoms with Crippen molar-refractivity contribution in [3.8, 4) is 17.2 Å². The van der Waals surface area contributed by atoms with Crippen molar-refractivity contribution in [2.24, 2.45) is 5.73 Å². The molecule has 1 aromatic heterocycles. The van der Waals surface area contributed by atoms with Gasteiger partial charge in [-0.25, -0.2) is 4.39 Å². The molecule has 6 heteroatoms. The minimum Gasteiger partial charge on any atom is -0.497 e. The Morgan fingerprint density at radius 1 is 1.13 bits per heavy atom. The van der Waals surface area contributed by atoms with E-state index in [1.807, 2.05) is 0 Å². The summed E-state index contributed by atoms with van der Waals surface area (Å²) < 4.78 is 24.9. The first-order valence-electron chi connectivity index (χ1n) is 6.78. The van der Waals surface area contributed by atoms with E-state index in [4.69, 9.17) is 15.2 Å². The molecule has 0 aliphatic carbocycles. The predicted molar refractivity (Wildman–Crippen MR) is 83.3 cm³/mol. The first-order valence-corrected chi connectivity index (χ1v) is 6.78. The van der Waals surface area contributed by atoms with Crippen LogP contribution >= 0.6 is 0 Å². The van der Waals surface area contributed by atoms with E-state index in [0.29, 0.717) is 22.4 Å². The fraction of sp³-hybridized carbons (Fsp3) is 0.0588. The number of nitrogens with zero attached hydrogens (tertiary/aromatic N) is 1. The molecule has 0 saturated carbocycles. The van der Waals surface area contributed by atoms with Crippen LogP contribution in [0, 0.1) is 5.82 Å². The van der Waals surface area contributed by atoms with Crippen molar-refractivity contribution >= 4 is 16.8 Å². The van der Waals surface area contributed by atoms with E-state index in [-0.39, 0.29) is 11.3 Å². The van der Waals surface area contributed by atoms with Gasteiger partial charge in [-0.15, -0.1) is 0 Å². The van der Waals surface area contributed by atoms with E-state index in [0.717, 1.165) is 6.07 Å². The number of hydrogen-bond acceptors (Lipinski definition) is 4. The fourth-order valence-corrected chi connectivity index (χ4v) is 2.17. The highest BCUT2D eigenvalue weighted by atomic mass is 19.1. The molecule has 23 heavy (non-hydrogen) atoms. The number of pyridine rings is 1. The lowest BCUT2D eigenvalue weighted by atomic mass is 10.2. The Labute approximate surface area is 131 Å². The van der Waals surface area contributed by atoms with Gasteiger partial charge in [0, 0.05) is 17.1 Å². The Morgan fingerprint density at radius 3 is 2.65 bits per heavy atom. The monoisotopic (exact) mass is 312 g/mol. The molecule has 0 fully saturated rings. The summed E-state index contributed by atoms with van der Waals surface area (Å²) in [7, 11) is 1.56. The number of hydrogen-bond donors (Lipinski definition) is 1. The third-order valence-corrected chi connectivity index (χ3v) is 3.35. The van der Waals surface area contributed by atoms with Crippen molar-refractivity contribution in [2.75, 3.05) is 7.11 Å². The molecular weight excluding hydrogens is 299 g/mol. The van der Waals surface area contributed by atoms with Gasteiger partial charge in [-0.3, -0.25) is 9.78 Å². The van der Waals surface area contributed by atoms with E-state index in [2.05, 4.69) is 4.98 Å². The van der Waals surface area contributed by atoms with Crippen LogP contribution in [0.15, 0.2) is 48.7 Å². The molecule has 0 unspecified atom stereocenters. The smallest absolute Gasteiger partial charge is 0.248 e. The van der Waals surface area contributed by atoms with E-state index < -0.39 is 11.7 Å². The molecule has 5 nitrogen and oxygen atoms in total. The molecule has 0 aliphatic heterocycles. The molecule has 1 heterocycles. The number of carbonyl (C=O) groups is 1. The number of halogens is 1. The second-order valence-electron chi connectivity index (χ2n) is 4.80. The summed E-state index contributed by atoms with van der Waals surface area (Å²) in [6.07, 6.45) is 1.57. The average molecular weight is 312 g/mol. The quantitative estimate of drug-likeness (QED) is 0.802. The maximum atomic E-state index is 14.1. The maximum absolute atomic E-state index is 14.1. The Bertz CT molecular complexity index is 896. The molecule has 0 radical (unpaired) electrons. The number of benzene rings is 2. The summed E-state index contributed by atoms with van der Waals surface area (Å²) >= 11 is 0. The van der Waals surface area contributed by atoms with Gasteiger partial charge in [0.05, 0.1) is 12.6 Å². The summed E-state index contributed by atoms with van der Waals surface area (Å²) in [5, 5.41) is 0.685. The van der Waals surface area contributed by atoms with Gasteiger partial charge in [0.1, 0.15) is 11.5 Å². The van der Waals surface area contributed by atoms with Crippen LogP contribution in [0.4, 0.5) is 4.39 Å². The lowest BCUT2D eigenvalue weighted by Crippen LogP contribution is -2.11. The normalized spacial score (nSPS) is 10.5. The Morgan fingerprint density at radius 2 is 1.96 bits per heavy atom. The van der Waals surface area contributed by atoms with Crippen LogP contribution in [0.1, 0.15) is 10.4 Å². The molecular formula is C17H13FN2O3. The van der Waals surface area contributed by atoms with Crippen molar-refractivity contribution in [3.05, 3.63) is 60.0 Å². The zero-order chi connectivity index (χ0) is 16.4. The second kappa shape index (κ2) is 5.92. The van der Waals surface area contributed by atoms with Crippen LogP contribution in [0.5, 0.6) is 17.2 Å². The molecule has 116 valence electrons. The first kappa shape index (κ1) is 14.8. The summed E-state index contributed by atoms with van der Waals surface area (Å²) in [5.41, 5.74) is 5.89. The maximum Gasteiger partial charge on any atom is 0.248 e. The van der Waals surface area contributed by atoms with Crippen LogP contribution in [-0.4, -0.2) is 18.0 Å². The number of ether oxygens (including phenoxy) is 2. The van der Waals surface area contributed by atoms with E-state index >= 15 is 0 Å². The third-order valence-electron chi connectivity index (χ3n) is 3.35. The highest BCUT2D eigenvalue weighted by Gasteiger charge is 2.11. The van der Waals surface area contributed by atoms with Gasteiger partial charge in [-0.1, -0.05) is 0 Å². The summed E-state index contributed by atoms with van der Waals surface area (Å²) in [6, 6.07) is 10.8. The van der Waals surface area contributed by atoms with Crippen molar-refractivity contribution in [2.45, 2.75) is 0 Å². The van der Waals surface area contributed by atoms with Crippen molar-refractivity contribution < 1.29 is 18.7 Å². The summed E-state index contributed by atoms with van der Waals surface area (Å²) in [4.78, 5) is 15.3. The molecule has 2 aromatic carbocycles. The number of carbonyl (C=O) groups excluding carboxylic acids is 1. The fourth-order valence-electron chi connectivity index (χ4n) is 2.17. The molecule has 0 spiro atoms. The Hall–Kier alpha value is -3.15. The van der Waals surface area contributed by atoms with Crippen molar-refractivity contribution in [3.63, 3.8) is 0 Å². The Balaban J connectivity index is 2.03.